The molecule has 0 aromatic rings. The SMILES string of the molecule is CCCCC/C=C\C/C=C\C/C=C\C/C=C\C/C=C\CCC(=O)OC[C@H](COP(=O)(O)OC[C@@H](O)COP(=O)(O)OC[C@@H](COC(=O)CCCCCCC/C=C\CCCCCC)OC(=O)CCCCCCC/C=C\CCCCCCCC)OC(=O)CCCCCCC/C=C\CCCCCCCC. The van der Waals surface area contributed by atoms with E-state index in [1.54, 1.807) is 0 Å². The van der Waals surface area contributed by atoms with Gasteiger partial charge in [0.1, 0.15) is 19.3 Å². The van der Waals surface area contributed by atoms with Crippen LogP contribution in [0.2, 0.25) is 0 Å². The second kappa shape index (κ2) is 75.2. The van der Waals surface area contributed by atoms with Gasteiger partial charge in [0.15, 0.2) is 12.2 Å². The predicted octanol–water partition coefficient (Wildman–Crippen LogP) is 23.6. The molecular weight excluding hydrogens is 1330 g/mol. The molecule has 0 aromatic carbocycles. The summed E-state index contributed by atoms with van der Waals surface area (Å²) in [4.78, 5) is 73.0. The number of phosphoric acid groups is 2. The molecule has 590 valence electrons. The van der Waals surface area contributed by atoms with Gasteiger partial charge in [0.2, 0.25) is 0 Å². The average molecular weight is 1480 g/mol. The zero-order chi connectivity index (χ0) is 74.6. The van der Waals surface area contributed by atoms with E-state index in [2.05, 4.69) is 113 Å². The topological polar surface area (TPSA) is 237 Å². The lowest BCUT2D eigenvalue weighted by Crippen LogP contribution is -2.30. The van der Waals surface area contributed by atoms with Crippen molar-refractivity contribution in [1.29, 1.82) is 0 Å². The Kier molecular flexibility index (Phi) is 72.3. The molecule has 5 atom stereocenters. The standard InChI is InChI=1S/C83H146O17P2/c1-5-9-13-17-21-25-29-33-36-37-38-39-42-44-48-52-56-60-64-68-81(86)94-74-79(100-83(88)70-66-62-58-54-50-46-41-35-31-27-23-19-15-11-7-3)76-98-102(91,92)96-72-77(84)71-95-101(89,90)97-75-78(73-93-80(85)67-63-59-55-51-47-43-32-28-24-20-16-12-8-4)99-82(87)69-65-61-57-53-49-45-40-34-30-26-22-18-14-10-6-2/h21,25,28,32-36,38-41,44,48,56,60,77-79,84H,5-20,22-24,26-27,29-31,37,42-43,45-47,49-55,57-59,61-76H2,1-4H3,(H,89,90)(H,91,92)/b25-21-,32-28-,36-33-,39-38-,40-34-,41-35-,48-44-,60-56-/t77-,78+,79+/m0/s1. The van der Waals surface area contributed by atoms with E-state index in [4.69, 9.17) is 37.0 Å². The maximum atomic E-state index is 13.1. The third kappa shape index (κ3) is 74.3. The van der Waals surface area contributed by atoms with E-state index in [9.17, 15) is 43.2 Å². The maximum absolute atomic E-state index is 13.1. The predicted molar refractivity (Wildman–Crippen MR) is 418 cm³/mol. The van der Waals surface area contributed by atoms with E-state index >= 15 is 0 Å². The van der Waals surface area contributed by atoms with Gasteiger partial charge in [-0.15, -0.1) is 0 Å². The van der Waals surface area contributed by atoms with Crippen LogP contribution >= 0.6 is 15.6 Å². The molecule has 0 amide bonds. The fourth-order valence-electron chi connectivity index (χ4n) is 10.8. The minimum atomic E-state index is -4.99. The molecule has 0 saturated heterocycles. The van der Waals surface area contributed by atoms with Crippen molar-refractivity contribution in [3.05, 3.63) is 97.2 Å². The Morgan fingerprint density at radius 3 is 0.833 bits per heavy atom. The van der Waals surface area contributed by atoms with Crippen LogP contribution in [0.1, 0.15) is 349 Å². The zero-order valence-corrected chi connectivity index (χ0v) is 66.3. The van der Waals surface area contributed by atoms with Crippen molar-refractivity contribution in [1.82, 2.24) is 0 Å². The van der Waals surface area contributed by atoms with Crippen molar-refractivity contribution in [3.8, 4) is 0 Å². The Morgan fingerprint density at radius 2 is 0.500 bits per heavy atom. The van der Waals surface area contributed by atoms with E-state index in [0.29, 0.717) is 32.1 Å². The fourth-order valence-corrected chi connectivity index (χ4v) is 12.4. The summed E-state index contributed by atoms with van der Waals surface area (Å²) in [5, 5.41) is 10.6. The van der Waals surface area contributed by atoms with Gasteiger partial charge in [-0.3, -0.25) is 37.3 Å². The van der Waals surface area contributed by atoms with Crippen LogP contribution < -0.4 is 0 Å². The molecule has 3 N–H and O–H groups in total. The van der Waals surface area contributed by atoms with Crippen molar-refractivity contribution in [2.75, 3.05) is 39.6 Å². The minimum Gasteiger partial charge on any atom is -0.462 e. The van der Waals surface area contributed by atoms with Crippen LogP contribution in [0.4, 0.5) is 0 Å². The molecule has 0 rings (SSSR count). The third-order valence-corrected chi connectivity index (χ3v) is 18.9. The minimum absolute atomic E-state index is 0.0367. The first-order chi connectivity index (χ1) is 49.7. The van der Waals surface area contributed by atoms with Crippen molar-refractivity contribution < 1.29 is 80.2 Å². The molecule has 0 radical (unpaired) electrons. The number of rotatable bonds is 76. The highest BCUT2D eigenvalue weighted by Gasteiger charge is 2.30. The number of carbonyl (C=O) groups is 4. The van der Waals surface area contributed by atoms with Crippen molar-refractivity contribution in [2.45, 2.75) is 367 Å². The van der Waals surface area contributed by atoms with Gasteiger partial charge < -0.3 is 33.8 Å². The molecule has 0 aliphatic heterocycles. The number of ether oxygens (including phenoxy) is 4. The quantitative estimate of drug-likeness (QED) is 0.0169. The van der Waals surface area contributed by atoms with Crippen LogP contribution in [0.5, 0.6) is 0 Å². The summed E-state index contributed by atoms with van der Waals surface area (Å²) in [5.74, 6) is -2.28. The lowest BCUT2D eigenvalue weighted by Gasteiger charge is -2.21. The highest BCUT2D eigenvalue weighted by molar-refractivity contribution is 7.47. The number of unbranched alkanes of at least 4 members (excludes halogenated alkanes) is 34. The smallest absolute Gasteiger partial charge is 0.462 e. The third-order valence-electron chi connectivity index (χ3n) is 17.0. The number of carbonyl (C=O) groups excluding carboxylic acids is 4. The first-order valence-corrected chi connectivity index (χ1v) is 43.5. The monoisotopic (exact) mass is 1480 g/mol. The van der Waals surface area contributed by atoms with Crippen LogP contribution in [-0.4, -0.2) is 96.7 Å². The molecule has 0 heterocycles. The number of phosphoric ester groups is 2. The van der Waals surface area contributed by atoms with E-state index in [0.717, 1.165) is 141 Å². The van der Waals surface area contributed by atoms with Gasteiger partial charge in [0.25, 0.3) is 0 Å². The van der Waals surface area contributed by atoms with Gasteiger partial charge in [-0.05, 0) is 141 Å². The molecule has 0 aromatic heterocycles. The summed E-state index contributed by atoms with van der Waals surface area (Å²) in [5.41, 5.74) is 0. The van der Waals surface area contributed by atoms with E-state index in [-0.39, 0.29) is 25.7 Å². The number of hydrogen-bond acceptors (Lipinski definition) is 15. The molecule has 19 heteroatoms. The van der Waals surface area contributed by atoms with Gasteiger partial charge >= 0.3 is 39.5 Å². The Morgan fingerprint density at radius 1 is 0.275 bits per heavy atom. The highest BCUT2D eigenvalue weighted by atomic mass is 31.2. The van der Waals surface area contributed by atoms with E-state index in [1.807, 2.05) is 12.2 Å². The molecule has 0 fully saturated rings. The summed E-state index contributed by atoms with van der Waals surface area (Å²) >= 11 is 0. The Hall–Kier alpha value is -4.02. The molecule has 102 heavy (non-hydrogen) atoms. The molecule has 0 spiro atoms. The average Bonchev–Trinajstić information content (AvgIpc) is 0.920. The number of aliphatic hydroxyl groups excluding tert-OH is 1. The molecule has 0 aliphatic rings. The molecule has 0 aliphatic carbocycles. The largest absolute Gasteiger partial charge is 0.472 e. The molecular formula is C83H146O17P2. The van der Waals surface area contributed by atoms with Crippen LogP contribution in [0.15, 0.2) is 97.2 Å². The second-order valence-electron chi connectivity index (χ2n) is 27.0. The summed E-state index contributed by atoms with van der Waals surface area (Å²) < 4.78 is 68.5. The Labute approximate surface area is 620 Å². The first kappa shape index (κ1) is 98.0. The fraction of sp³-hybridized carbons (Fsp3) is 0.759. The van der Waals surface area contributed by atoms with Crippen LogP contribution in [0.3, 0.4) is 0 Å². The van der Waals surface area contributed by atoms with Crippen LogP contribution in [0.25, 0.3) is 0 Å². The Bertz CT molecular complexity index is 2310. The van der Waals surface area contributed by atoms with Gasteiger partial charge in [-0.2, -0.15) is 0 Å². The molecule has 0 bridgehead atoms. The maximum Gasteiger partial charge on any atom is 0.472 e. The second-order valence-corrected chi connectivity index (χ2v) is 29.9. The molecule has 2 unspecified atom stereocenters. The van der Waals surface area contributed by atoms with Gasteiger partial charge in [0, 0.05) is 25.7 Å². The van der Waals surface area contributed by atoms with E-state index in [1.165, 1.54) is 122 Å². The summed E-state index contributed by atoms with van der Waals surface area (Å²) in [6, 6.07) is 0. The lowest BCUT2D eigenvalue weighted by atomic mass is 10.1. The number of hydrogen-bond donors (Lipinski definition) is 3. The number of esters is 4. The Balaban J connectivity index is 5.42. The lowest BCUT2D eigenvalue weighted by molar-refractivity contribution is -0.161. The summed E-state index contributed by atoms with van der Waals surface area (Å²) in [6.07, 6.45) is 79.7. The molecule has 17 nitrogen and oxygen atoms in total. The van der Waals surface area contributed by atoms with E-state index < -0.39 is 97.5 Å². The normalized spacial score (nSPS) is 14.4. The van der Waals surface area contributed by atoms with Crippen molar-refractivity contribution in [3.63, 3.8) is 0 Å². The number of aliphatic hydroxyl groups is 1. The van der Waals surface area contributed by atoms with Crippen LogP contribution in [0, 0.1) is 0 Å². The number of allylic oxidation sites excluding steroid dienone is 16. The summed E-state index contributed by atoms with van der Waals surface area (Å²) in [7, 11) is -9.98. The van der Waals surface area contributed by atoms with Crippen LogP contribution in [-0.2, 0) is 65.4 Å². The molecule has 0 saturated carbocycles. The zero-order valence-electron chi connectivity index (χ0n) is 64.5. The van der Waals surface area contributed by atoms with Gasteiger partial charge in [-0.25, -0.2) is 9.13 Å². The summed E-state index contributed by atoms with van der Waals surface area (Å²) in [6.45, 7) is 4.75. The van der Waals surface area contributed by atoms with Crippen molar-refractivity contribution in [2.24, 2.45) is 0 Å². The van der Waals surface area contributed by atoms with Crippen molar-refractivity contribution >= 4 is 39.5 Å². The highest BCUT2D eigenvalue weighted by Crippen LogP contribution is 2.45. The van der Waals surface area contributed by atoms with Gasteiger partial charge in [-0.1, -0.05) is 279 Å². The first-order valence-electron chi connectivity index (χ1n) is 40.5. The van der Waals surface area contributed by atoms with Gasteiger partial charge in [0.05, 0.1) is 26.4 Å².